The van der Waals surface area contributed by atoms with Gasteiger partial charge in [-0.15, -0.1) is 0 Å². The van der Waals surface area contributed by atoms with Crippen molar-refractivity contribution in [1.82, 2.24) is 10.4 Å². The first kappa shape index (κ1) is 12.8. The number of carbonyl (C=O) groups excluding carboxylic acids is 1. The van der Waals surface area contributed by atoms with Crippen molar-refractivity contribution in [1.29, 1.82) is 0 Å². The Hall–Kier alpha value is -0.152. The number of rotatable bonds is 1. The van der Waals surface area contributed by atoms with Gasteiger partial charge in [0.25, 0.3) is 0 Å². The molecule has 1 heterocycles. The zero-order chi connectivity index (χ0) is 10.1. The summed E-state index contributed by atoms with van der Waals surface area (Å²) in [6.07, 6.45) is 3.01. The molecule has 4 nitrogen and oxygen atoms in total. The summed E-state index contributed by atoms with van der Waals surface area (Å²) >= 11 is -0.472. The molecule has 0 bridgehead atoms. The van der Waals surface area contributed by atoms with Gasteiger partial charge < -0.3 is 11.3 Å². The third-order valence-corrected chi connectivity index (χ3v) is 1.06. The van der Waals surface area contributed by atoms with Crippen molar-refractivity contribution >= 4 is 24.7 Å². The van der Waals surface area contributed by atoms with Crippen molar-refractivity contribution in [3.63, 3.8) is 0 Å². The predicted octanol–water partition coefficient (Wildman–Crippen LogP) is 2.16. The maximum absolute atomic E-state index is 10.7. The molecular weight excluding hydrogens is 396 g/mol. The normalized spacial score (nSPS) is 8.54. The fourth-order valence-corrected chi connectivity index (χ4v) is 0.575. The van der Waals surface area contributed by atoms with Crippen LogP contribution in [0.5, 0.6) is 0 Å². The van der Waals surface area contributed by atoms with Gasteiger partial charge in [0.2, 0.25) is 5.91 Å². The van der Waals surface area contributed by atoms with Crippen molar-refractivity contribution in [3.8, 4) is 0 Å². The molecule has 0 unspecified atom stereocenters. The summed E-state index contributed by atoms with van der Waals surface area (Å²) in [7, 11) is 9.75. The van der Waals surface area contributed by atoms with E-state index in [1.807, 2.05) is 0 Å². The number of pyridine rings is 1. The van der Waals surface area contributed by atoms with E-state index in [1.54, 1.807) is 17.6 Å². The molecule has 0 atom stereocenters. The Morgan fingerprint density at radius 1 is 1.46 bits per heavy atom. The SMILES string of the molecule is [Cl][Pt][Cl].[NH-]NC(=O)c1ccncc1. The van der Waals surface area contributed by atoms with Crippen molar-refractivity contribution in [2.45, 2.75) is 0 Å². The van der Waals surface area contributed by atoms with E-state index in [-0.39, 0.29) is 0 Å². The van der Waals surface area contributed by atoms with Crippen LogP contribution in [-0.4, -0.2) is 10.9 Å². The van der Waals surface area contributed by atoms with Gasteiger partial charge in [-0.2, -0.15) is 0 Å². The van der Waals surface area contributed by atoms with Gasteiger partial charge in [-0.25, -0.2) is 0 Å². The standard InChI is InChI=1S/C6H7N3O.2ClH.Pt/c7-9-6(10)5-1-3-8-4-2-5;;;/h1-4H,(H3,7,8,9,10);2*1H;/q;;;+2/p-3. The molecule has 0 aliphatic heterocycles. The van der Waals surface area contributed by atoms with Gasteiger partial charge in [-0.3, -0.25) is 9.78 Å². The molecule has 2 N–H and O–H groups in total. The second-order valence-electron chi connectivity index (χ2n) is 1.74. The molecule has 0 aromatic carbocycles. The van der Waals surface area contributed by atoms with Gasteiger partial charge in [-0.1, -0.05) is 0 Å². The maximum Gasteiger partial charge on any atom is 0.234 e. The molecule has 0 radical (unpaired) electrons. The Morgan fingerprint density at radius 2 is 1.92 bits per heavy atom. The average molecular weight is 402 g/mol. The van der Waals surface area contributed by atoms with E-state index in [4.69, 9.17) is 24.7 Å². The number of nitrogens with one attached hydrogen (secondary N) is 2. The topological polar surface area (TPSA) is 65.8 Å². The molecule has 0 aliphatic carbocycles. The Balaban J connectivity index is 0.000000424. The van der Waals surface area contributed by atoms with E-state index in [0.29, 0.717) is 5.56 Å². The molecule has 1 aromatic heterocycles. The molecule has 0 fully saturated rings. The van der Waals surface area contributed by atoms with Crippen LogP contribution in [0.1, 0.15) is 10.4 Å². The monoisotopic (exact) mass is 401 g/mol. The number of hydrogen-bond donors (Lipinski definition) is 1. The summed E-state index contributed by atoms with van der Waals surface area (Å²) < 4.78 is 0. The third kappa shape index (κ3) is 5.99. The van der Waals surface area contributed by atoms with Gasteiger partial charge in [-0.05, 0) is 12.1 Å². The van der Waals surface area contributed by atoms with E-state index in [2.05, 4.69) is 4.98 Å². The Kier molecular flexibility index (Phi) is 8.35. The fraction of sp³-hybridized carbons (Fsp3) is 0. The van der Waals surface area contributed by atoms with Crippen LogP contribution in [0, 0.1) is 0 Å². The van der Waals surface area contributed by atoms with Crippen molar-refractivity contribution < 1.29 is 21.3 Å². The molecule has 13 heavy (non-hydrogen) atoms. The van der Waals surface area contributed by atoms with Crippen molar-refractivity contribution in [2.24, 2.45) is 0 Å². The van der Waals surface area contributed by atoms with Gasteiger partial charge >= 0.3 is 35.3 Å². The van der Waals surface area contributed by atoms with E-state index in [1.165, 1.54) is 12.4 Å². The quantitative estimate of drug-likeness (QED) is 0.732. The molecule has 0 saturated heterocycles. The van der Waals surface area contributed by atoms with Crippen LogP contribution in [0.15, 0.2) is 24.5 Å². The third-order valence-electron chi connectivity index (χ3n) is 1.06. The fourth-order valence-electron chi connectivity index (χ4n) is 0.575. The molecule has 76 valence electrons. The Bertz CT molecular complexity index is 247. The first-order valence-corrected chi connectivity index (χ1v) is 8.58. The number of halogens is 2. The zero-order valence-electron chi connectivity index (χ0n) is 6.24. The molecule has 1 amide bonds. The first-order valence-electron chi connectivity index (χ1n) is 2.95. The summed E-state index contributed by atoms with van der Waals surface area (Å²) in [4.78, 5) is 14.4. The second-order valence-corrected chi connectivity index (χ2v) is 5.02. The minimum absolute atomic E-state index is 0.414. The van der Waals surface area contributed by atoms with E-state index in [9.17, 15) is 4.79 Å². The van der Waals surface area contributed by atoms with Crippen molar-refractivity contribution in [3.05, 3.63) is 35.9 Å². The van der Waals surface area contributed by atoms with Gasteiger partial charge in [0, 0.05) is 18.0 Å². The maximum atomic E-state index is 10.7. The van der Waals surface area contributed by atoms with Crippen LogP contribution >= 0.6 is 18.8 Å². The number of amides is 1. The van der Waals surface area contributed by atoms with Crippen LogP contribution in [-0.2, 0) is 16.5 Å². The Labute approximate surface area is 92.2 Å². The molecule has 0 saturated carbocycles. The molecule has 7 heteroatoms. The van der Waals surface area contributed by atoms with Crippen LogP contribution < -0.4 is 5.43 Å². The first-order chi connectivity index (χ1) is 6.26. The minimum atomic E-state index is -0.472. The predicted molar refractivity (Wildman–Crippen MR) is 47.7 cm³/mol. The van der Waals surface area contributed by atoms with Crippen molar-refractivity contribution in [2.75, 3.05) is 0 Å². The summed E-state index contributed by atoms with van der Waals surface area (Å²) in [6, 6.07) is 3.09. The molecular formula is C6H6Cl2N3OPt-. The molecule has 1 rings (SSSR count). The molecule has 0 aliphatic rings. The van der Waals surface area contributed by atoms with Gasteiger partial charge in [0.15, 0.2) is 0 Å². The van der Waals surface area contributed by atoms with E-state index in [0.717, 1.165) is 0 Å². The van der Waals surface area contributed by atoms with Crippen LogP contribution in [0.4, 0.5) is 0 Å². The summed E-state index contributed by atoms with van der Waals surface area (Å²) in [6.45, 7) is 0. The molecule has 0 spiro atoms. The summed E-state index contributed by atoms with van der Waals surface area (Å²) in [5.74, 6) is 6.11. The van der Waals surface area contributed by atoms with Crippen LogP contribution in [0.25, 0.3) is 5.84 Å². The summed E-state index contributed by atoms with van der Waals surface area (Å²) in [5, 5.41) is 0. The number of hydrogen-bond acceptors (Lipinski definition) is 2. The zero-order valence-corrected chi connectivity index (χ0v) is 10.0. The summed E-state index contributed by atoms with van der Waals surface area (Å²) in [5.41, 5.74) is 2.21. The number of nitrogens with zero attached hydrogens (tertiary/aromatic N) is 1. The van der Waals surface area contributed by atoms with E-state index >= 15 is 0 Å². The van der Waals surface area contributed by atoms with Gasteiger partial charge in [0.1, 0.15) is 0 Å². The number of carbonyl (C=O) groups is 1. The Morgan fingerprint density at radius 3 is 2.31 bits per heavy atom. The van der Waals surface area contributed by atoms with Crippen LogP contribution in [0.3, 0.4) is 0 Å². The van der Waals surface area contributed by atoms with E-state index < -0.39 is 22.4 Å². The minimum Gasteiger partial charge on any atom is -0.584 e. The average Bonchev–Trinajstić information content (AvgIpc) is 2.19. The van der Waals surface area contributed by atoms with Gasteiger partial charge in [0.05, 0.1) is 0 Å². The molecule has 1 aromatic rings. The largest absolute Gasteiger partial charge is 0.584 e. The van der Waals surface area contributed by atoms with Crippen LogP contribution in [0.2, 0.25) is 0 Å². The smallest absolute Gasteiger partial charge is 0.234 e. The second kappa shape index (κ2) is 8.45. The number of aromatic nitrogens is 1.